The maximum atomic E-state index is 13.0. The van der Waals surface area contributed by atoms with Gasteiger partial charge in [-0.1, -0.05) is 25.1 Å². The molecule has 3 heterocycles. The van der Waals surface area contributed by atoms with Gasteiger partial charge in [-0.15, -0.1) is 5.10 Å². The van der Waals surface area contributed by atoms with E-state index in [9.17, 15) is 4.79 Å². The lowest BCUT2D eigenvalue weighted by atomic mass is 10.0. The molecule has 1 saturated heterocycles. The fraction of sp³-hybridized carbons (Fsp3) is 0.407. The van der Waals surface area contributed by atoms with Crippen molar-refractivity contribution in [1.82, 2.24) is 35.0 Å². The van der Waals surface area contributed by atoms with Crippen molar-refractivity contribution in [3.05, 3.63) is 59.8 Å². The van der Waals surface area contributed by atoms with E-state index < -0.39 is 0 Å². The van der Waals surface area contributed by atoms with E-state index in [4.69, 9.17) is 0 Å². The third-order valence-corrected chi connectivity index (χ3v) is 6.87. The van der Waals surface area contributed by atoms with Crippen LogP contribution in [0, 0.1) is 5.92 Å². The van der Waals surface area contributed by atoms with Crippen LogP contribution in [0.25, 0.3) is 28.0 Å². The van der Waals surface area contributed by atoms with Crippen molar-refractivity contribution in [3.63, 3.8) is 0 Å². The highest BCUT2D eigenvalue weighted by atomic mass is 16.2. The molecule has 5 rings (SSSR count). The number of benzene rings is 2. The number of nitrogens with zero attached hydrogens (tertiary/aromatic N) is 6. The first-order valence-electron chi connectivity index (χ1n) is 12.3. The van der Waals surface area contributed by atoms with E-state index in [0.717, 1.165) is 54.6 Å². The van der Waals surface area contributed by atoms with Gasteiger partial charge in [-0.05, 0) is 81.2 Å². The Morgan fingerprint density at radius 2 is 1.86 bits per heavy atom. The van der Waals surface area contributed by atoms with Crippen LogP contribution in [0.1, 0.15) is 42.6 Å². The van der Waals surface area contributed by atoms with Crippen LogP contribution in [-0.4, -0.2) is 74.1 Å². The maximum absolute atomic E-state index is 13.0. The summed E-state index contributed by atoms with van der Waals surface area (Å²) in [4.78, 5) is 17.2. The Hall–Kier alpha value is -3.52. The smallest absolute Gasteiger partial charge is 0.253 e. The molecule has 35 heavy (non-hydrogen) atoms. The Morgan fingerprint density at radius 1 is 1.11 bits per heavy atom. The summed E-state index contributed by atoms with van der Waals surface area (Å²) < 4.78 is 1.73. The number of carbonyl (C=O) groups excluding carboxylic acids is 1. The van der Waals surface area contributed by atoms with Crippen LogP contribution in [0.5, 0.6) is 0 Å². The average Bonchev–Trinajstić information content (AvgIpc) is 3.50. The van der Waals surface area contributed by atoms with Gasteiger partial charge >= 0.3 is 0 Å². The molecule has 0 radical (unpaired) electrons. The zero-order valence-electron chi connectivity index (χ0n) is 20.9. The summed E-state index contributed by atoms with van der Waals surface area (Å²) in [5, 5.41) is 17.4. The predicted molar refractivity (Wildman–Crippen MR) is 138 cm³/mol. The summed E-state index contributed by atoms with van der Waals surface area (Å²) in [7, 11) is 4.21. The maximum Gasteiger partial charge on any atom is 0.253 e. The van der Waals surface area contributed by atoms with E-state index in [0.29, 0.717) is 23.2 Å². The van der Waals surface area contributed by atoms with E-state index in [-0.39, 0.29) is 5.91 Å². The summed E-state index contributed by atoms with van der Waals surface area (Å²) in [6.07, 6.45) is 4.93. The van der Waals surface area contributed by atoms with Gasteiger partial charge in [0.15, 0.2) is 0 Å². The summed E-state index contributed by atoms with van der Waals surface area (Å²) in [5.74, 6) is 0.677. The topological polar surface area (TPSA) is 82.9 Å². The van der Waals surface area contributed by atoms with Gasteiger partial charge in [-0.25, -0.2) is 4.68 Å². The average molecular weight is 472 g/mol. The summed E-state index contributed by atoms with van der Waals surface area (Å²) in [6.45, 7) is 6.04. The Kier molecular flexibility index (Phi) is 6.38. The summed E-state index contributed by atoms with van der Waals surface area (Å²) in [6, 6.07) is 14.6. The molecule has 1 aliphatic rings. The minimum atomic E-state index is 0.0910. The van der Waals surface area contributed by atoms with E-state index in [2.05, 4.69) is 71.6 Å². The Bertz CT molecular complexity index is 1310. The molecule has 0 aliphatic carbocycles. The van der Waals surface area contributed by atoms with E-state index in [1.54, 1.807) is 4.68 Å². The third-order valence-electron chi connectivity index (χ3n) is 6.87. The largest absolute Gasteiger partial charge is 0.339 e. The number of H-pyrrole nitrogens is 1. The van der Waals surface area contributed by atoms with Crippen molar-refractivity contribution in [3.8, 4) is 17.1 Å². The molecule has 2 aromatic heterocycles. The van der Waals surface area contributed by atoms with Crippen molar-refractivity contribution in [1.29, 1.82) is 0 Å². The van der Waals surface area contributed by atoms with Crippen LogP contribution in [0.2, 0.25) is 0 Å². The highest BCUT2D eigenvalue weighted by Gasteiger charge is 2.24. The molecule has 182 valence electrons. The van der Waals surface area contributed by atoms with Gasteiger partial charge in [-0.2, -0.15) is 5.10 Å². The lowest BCUT2D eigenvalue weighted by molar-refractivity contribution is 0.0663. The number of aromatic amines is 1. The lowest BCUT2D eigenvalue weighted by Crippen LogP contribution is -2.44. The van der Waals surface area contributed by atoms with E-state index in [1.807, 2.05) is 35.4 Å². The molecule has 4 aromatic rings. The minimum Gasteiger partial charge on any atom is -0.339 e. The van der Waals surface area contributed by atoms with E-state index >= 15 is 0 Å². The second-order valence-electron chi connectivity index (χ2n) is 10.1. The number of hydrogen-bond donors (Lipinski definition) is 1. The highest BCUT2D eigenvalue weighted by molar-refractivity contribution is 5.94. The van der Waals surface area contributed by atoms with Crippen molar-refractivity contribution < 1.29 is 4.79 Å². The zero-order chi connectivity index (χ0) is 24.5. The van der Waals surface area contributed by atoms with Gasteiger partial charge in [-0.3, -0.25) is 9.89 Å². The molecule has 1 N–H and O–H groups in total. The SMILES string of the molecule is CC(C)Cc1ccc2[nH]nc(-c3cn(-c4ccc(C(=O)N5CCC(N(C)C)CC5)cc4)nn3)c2c1. The number of fused-ring (bicyclic) bond motifs is 1. The van der Waals surface area contributed by atoms with Crippen LogP contribution >= 0.6 is 0 Å². The Morgan fingerprint density at radius 3 is 2.54 bits per heavy atom. The Balaban J connectivity index is 1.32. The van der Waals surface area contributed by atoms with E-state index in [1.165, 1.54) is 5.56 Å². The summed E-state index contributed by atoms with van der Waals surface area (Å²) in [5.41, 5.74) is 5.33. The molecule has 0 atom stereocenters. The monoisotopic (exact) mass is 471 g/mol. The fourth-order valence-electron chi connectivity index (χ4n) is 4.88. The van der Waals surface area contributed by atoms with Crippen LogP contribution in [0.3, 0.4) is 0 Å². The molecule has 0 unspecified atom stereocenters. The zero-order valence-corrected chi connectivity index (χ0v) is 20.9. The molecule has 8 heteroatoms. The van der Waals surface area contributed by atoms with Crippen molar-refractivity contribution >= 4 is 16.8 Å². The van der Waals surface area contributed by atoms with Gasteiger partial charge in [0.2, 0.25) is 0 Å². The Labute approximate surface area is 205 Å². The third kappa shape index (κ3) is 4.84. The molecule has 0 bridgehead atoms. The molecular formula is C27H33N7O. The number of aromatic nitrogens is 5. The molecule has 1 amide bonds. The van der Waals surface area contributed by atoms with Crippen molar-refractivity contribution in [2.75, 3.05) is 27.2 Å². The first-order valence-corrected chi connectivity index (χ1v) is 12.3. The molecule has 1 fully saturated rings. The predicted octanol–water partition coefficient (Wildman–Crippen LogP) is 4.18. The fourth-order valence-corrected chi connectivity index (χ4v) is 4.88. The van der Waals surface area contributed by atoms with Gasteiger partial charge in [0.05, 0.1) is 17.4 Å². The highest BCUT2D eigenvalue weighted by Crippen LogP contribution is 2.27. The van der Waals surface area contributed by atoms with Gasteiger partial charge < -0.3 is 9.80 Å². The second-order valence-corrected chi connectivity index (χ2v) is 10.1. The number of rotatable bonds is 6. The number of carbonyl (C=O) groups is 1. The molecule has 1 aliphatic heterocycles. The quantitative estimate of drug-likeness (QED) is 0.456. The minimum absolute atomic E-state index is 0.0910. The normalized spacial score (nSPS) is 15.0. The van der Waals surface area contributed by atoms with Crippen LogP contribution in [-0.2, 0) is 6.42 Å². The molecule has 0 spiro atoms. The van der Waals surface area contributed by atoms with Crippen LogP contribution in [0.15, 0.2) is 48.7 Å². The van der Waals surface area contributed by atoms with Crippen molar-refractivity contribution in [2.24, 2.45) is 5.92 Å². The first kappa shape index (κ1) is 23.2. The van der Waals surface area contributed by atoms with Crippen LogP contribution in [0.4, 0.5) is 0 Å². The number of nitrogens with one attached hydrogen (secondary N) is 1. The molecule has 2 aromatic carbocycles. The number of hydrogen-bond acceptors (Lipinski definition) is 5. The van der Waals surface area contributed by atoms with Gasteiger partial charge in [0.25, 0.3) is 5.91 Å². The van der Waals surface area contributed by atoms with Crippen molar-refractivity contribution in [2.45, 2.75) is 39.2 Å². The molecular weight excluding hydrogens is 438 g/mol. The number of amides is 1. The van der Waals surface area contributed by atoms with Crippen LogP contribution < -0.4 is 0 Å². The lowest BCUT2D eigenvalue weighted by Gasteiger charge is -2.35. The summed E-state index contributed by atoms with van der Waals surface area (Å²) >= 11 is 0. The van der Waals surface area contributed by atoms with Gasteiger partial charge in [0, 0.05) is 30.1 Å². The first-order chi connectivity index (χ1) is 16.9. The second kappa shape index (κ2) is 9.62. The molecule has 0 saturated carbocycles. The van der Waals surface area contributed by atoms with Gasteiger partial charge in [0.1, 0.15) is 11.4 Å². The standard InChI is InChI=1S/C27H33N7O/c1-18(2)15-19-5-10-24-23(16-19)26(30-28-24)25-17-34(31-29-25)22-8-6-20(7-9-22)27(35)33-13-11-21(12-14-33)32(3)4/h5-10,16-18,21H,11-15H2,1-4H3,(H,28,30). The number of likely N-dealkylation sites (tertiary alicyclic amines) is 1. The number of piperidine rings is 1. The molecule has 8 nitrogen and oxygen atoms in total.